The van der Waals surface area contributed by atoms with Crippen LogP contribution in [0, 0.1) is 12.3 Å². The molecule has 2 aromatic rings. The van der Waals surface area contributed by atoms with Crippen molar-refractivity contribution in [3.63, 3.8) is 0 Å². The highest BCUT2D eigenvalue weighted by Gasteiger charge is 2.24. The third kappa shape index (κ3) is 10.9. The van der Waals surface area contributed by atoms with Crippen LogP contribution in [0.25, 0.3) is 0 Å². The number of carbonyl (C=O) groups is 1. The summed E-state index contributed by atoms with van der Waals surface area (Å²) in [6.45, 7) is 11.1. The molecule has 1 unspecified atom stereocenters. The molecule has 3 nitrogen and oxygen atoms in total. The smallest absolute Gasteiger partial charge is 0.313 e. The Balaban J connectivity index is 0.00000233. The van der Waals surface area contributed by atoms with Crippen LogP contribution in [-0.4, -0.2) is 29.2 Å². The lowest BCUT2D eigenvalue weighted by Crippen LogP contribution is -2.19. The summed E-state index contributed by atoms with van der Waals surface area (Å²) in [4.78, 5) is 12.9. The van der Waals surface area contributed by atoms with Crippen molar-refractivity contribution < 1.29 is 14.6 Å². The van der Waals surface area contributed by atoms with Crippen LogP contribution in [0.4, 0.5) is 0 Å². The number of aryl methyl sites for hydroxylation is 1. The fraction of sp³-hybridized carbons (Fsp3) is 0.519. The largest absolute Gasteiger partial charge is 0.460 e. The van der Waals surface area contributed by atoms with Crippen LogP contribution in [0.1, 0.15) is 69.6 Å². The monoisotopic (exact) mass is 444 g/mol. The van der Waals surface area contributed by atoms with E-state index in [0.717, 1.165) is 47.5 Å². The quantitative estimate of drug-likeness (QED) is 0.290. The summed E-state index contributed by atoms with van der Waals surface area (Å²) in [7, 11) is 0. The zero-order valence-corrected chi connectivity index (χ0v) is 20.7. The maximum atomic E-state index is 12.9. The molecule has 0 fully saturated rings. The number of hydrogen-bond donors (Lipinski definition) is 1. The molecular weight excluding hydrogens is 404 g/mol. The van der Waals surface area contributed by atoms with Gasteiger partial charge in [0.15, 0.2) is 0 Å². The summed E-state index contributed by atoms with van der Waals surface area (Å²) in [5, 5.41) is 8.98. The van der Waals surface area contributed by atoms with E-state index in [1.54, 1.807) is 11.8 Å². The van der Waals surface area contributed by atoms with Crippen molar-refractivity contribution in [1.82, 2.24) is 0 Å². The molecule has 0 amide bonds. The molecule has 2 rings (SSSR count). The average molecular weight is 445 g/mol. The molecule has 0 bridgehead atoms. The second-order valence-corrected chi connectivity index (χ2v) is 9.50. The summed E-state index contributed by atoms with van der Waals surface area (Å²) < 4.78 is 5.68. The molecule has 172 valence electrons. The van der Waals surface area contributed by atoms with Crippen LogP contribution >= 0.6 is 11.8 Å². The van der Waals surface area contributed by atoms with Crippen LogP contribution < -0.4 is 0 Å². The number of ether oxygens (including phenoxy) is 1. The van der Waals surface area contributed by atoms with Gasteiger partial charge in [0, 0.05) is 5.75 Å². The topological polar surface area (TPSA) is 46.5 Å². The van der Waals surface area contributed by atoms with Gasteiger partial charge in [0.25, 0.3) is 0 Å². The summed E-state index contributed by atoms with van der Waals surface area (Å²) in [5.74, 6) is 1.41. The number of thioether (sulfide) groups is 1. The fourth-order valence-corrected chi connectivity index (χ4v) is 4.38. The molecule has 0 aliphatic rings. The molecule has 0 aliphatic carbocycles. The van der Waals surface area contributed by atoms with Gasteiger partial charge in [0.05, 0.1) is 12.5 Å². The van der Waals surface area contributed by atoms with Crippen molar-refractivity contribution in [3.8, 4) is 0 Å². The molecule has 4 heteroatoms. The lowest BCUT2D eigenvalue weighted by atomic mass is 9.85. The Morgan fingerprint density at radius 1 is 1.10 bits per heavy atom. The minimum atomic E-state index is -0.237. The van der Waals surface area contributed by atoms with Gasteiger partial charge >= 0.3 is 5.97 Å². The number of aliphatic hydroxyl groups excluding tert-OH is 1. The van der Waals surface area contributed by atoms with E-state index in [0.29, 0.717) is 6.61 Å². The second kappa shape index (κ2) is 15.1. The van der Waals surface area contributed by atoms with E-state index in [2.05, 4.69) is 32.9 Å². The highest BCUT2D eigenvalue weighted by Crippen LogP contribution is 2.31. The third-order valence-electron chi connectivity index (χ3n) is 5.03. The van der Waals surface area contributed by atoms with Crippen molar-refractivity contribution in [3.05, 3.63) is 71.3 Å². The van der Waals surface area contributed by atoms with Crippen molar-refractivity contribution in [2.45, 2.75) is 66.4 Å². The number of hydrogen-bond acceptors (Lipinski definition) is 4. The zero-order valence-electron chi connectivity index (χ0n) is 19.9. The van der Waals surface area contributed by atoms with Gasteiger partial charge in [-0.15, -0.1) is 0 Å². The van der Waals surface area contributed by atoms with Gasteiger partial charge in [0.2, 0.25) is 0 Å². The maximum Gasteiger partial charge on any atom is 0.313 e. The highest BCUT2D eigenvalue weighted by molar-refractivity contribution is 7.99. The molecule has 0 saturated carbocycles. The summed E-state index contributed by atoms with van der Waals surface area (Å²) >= 11 is 1.79. The SMILES string of the molecule is CC.Cc1cccc(C(CCCC(C)(C)CSCCO)C(=O)OCc2ccccc2)c1. The Morgan fingerprint density at radius 2 is 1.81 bits per heavy atom. The highest BCUT2D eigenvalue weighted by atomic mass is 32.2. The molecule has 2 aromatic carbocycles. The molecule has 31 heavy (non-hydrogen) atoms. The van der Waals surface area contributed by atoms with Gasteiger partial charge in [-0.05, 0) is 42.1 Å². The van der Waals surface area contributed by atoms with Crippen LogP contribution in [-0.2, 0) is 16.1 Å². The van der Waals surface area contributed by atoms with Crippen LogP contribution in [0.3, 0.4) is 0 Å². The fourth-order valence-electron chi connectivity index (χ4n) is 3.41. The zero-order chi connectivity index (χ0) is 23.1. The molecule has 1 atom stereocenters. The molecular formula is C27H40O3S. The van der Waals surface area contributed by atoms with Gasteiger partial charge in [0.1, 0.15) is 6.61 Å². The van der Waals surface area contributed by atoms with Crippen LogP contribution in [0.15, 0.2) is 54.6 Å². The Morgan fingerprint density at radius 3 is 2.45 bits per heavy atom. The maximum absolute atomic E-state index is 12.9. The third-order valence-corrected chi connectivity index (χ3v) is 6.48. The second-order valence-electron chi connectivity index (χ2n) is 8.39. The number of aliphatic hydroxyl groups is 1. The minimum Gasteiger partial charge on any atom is -0.460 e. The molecule has 0 aliphatic heterocycles. The number of carbonyl (C=O) groups excluding carboxylic acids is 1. The first kappa shape index (κ1) is 27.3. The van der Waals surface area contributed by atoms with E-state index < -0.39 is 0 Å². The van der Waals surface area contributed by atoms with Crippen LogP contribution in [0.5, 0.6) is 0 Å². The molecule has 0 heterocycles. The van der Waals surface area contributed by atoms with Gasteiger partial charge in [-0.2, -0.15) is 11.8 Å². The molecule has 0 aromatic heterocycles. The van der Waals surface area contributed by atoms with Crippen molar-refractivity contribution in [2.75, 3.05) is 18.1 Å². The lowest BCUT2D eigenvalue weighted by Gasteiger charge is -2.25. The normalized spacial score (nSPS) is 11.9. The first-order valence-corrected chi connectivity index (χ1v) is 12.5. The summed E-state index contributed by atoms with van der Waals surface area (Å²) in [6, 6.07) is 18.0. The van der Waals surface area contributed by atoms with Crippen molar-refractivity contribution >= 4 is 17.7 Å². The van der Waals surface area contributed by atoms with Gasteiger partial charge in [-0.25, -0.2) is 0 Å². The van der Waals surface area contributed by atoms with E-state index in [-0.39, 0.29) is 23.9 Å². The number of benzene rings is 2. The average Bonchev–Trinajstić information content (AvgIpc) is 2.77. The van der Waals surface area contributed by atoms with E-state index in [1.807, 2.05) is 56.3 Å². The lowest BCUT2D eigenvalue weighted by molar-refractivity contribution is -0.147. The number of esters is 1. The predicted octanol–water partition coefficient (Wildman–Crippen LogP) is 6.77. The Labute approximate surface area is 193 Å². The van der Waals surface area contributed by atoms with E-state index in [1.165, 1.54) is 0 Å². The van der Waals surface area contributed by atoms with E-state index in [4.69, 9.17) is 9.84 Å². The summed E-state index contributed by atoms with van der Waals surface area (Å²) in [6.07, 6.45) is 2.79. The Kier molecular flexibility index (Phi) is 13.3. The van der Waals surface area contributed by atoms with E-state index >= 15 is 0 Å². The summed E-state index contributed by atoms with van der Waals surface area (Å²) in [5.41, 5.74) is 3.38. The molecule has 0 saturated heterocycles. The van der Waals surface area contributed by atoms with Gasteiger partial charge in [-0.3, -0.25) is 4.79 Å². The van der Waals surface area contributed by atoms with Crippen molar-refractivity contribution in [2.24, 2.45) is 5.41 Å². The molecule has 0 radical (unpaired) electrons. The predicted molar refractivity (Wildman–Crippen MR) is 134 cm³/mol. The van der Waals surface area contributed by atoms with Crippen LogP contribution in [0.2, 0.25) is 0 Å². The first-order chi connectivity index (χ1) is 14.9. The van der Waals surface area contributed by atoms with E-state index in [9.17, 15) is 4.79 Å². The molecule has 1 N–H and O–H groups in total. The minimum absolute atomic E-state index is 0.146. The first-order valence-electron chi connectivity index (χ1n) is 11.4. The van der Waals surface area contributed by atoms with Crippen molar-refractivity contribution in [1.29, 1.82) is 0 Å². The number of rotatable bonds is 12. The Bertz CT molecular complexity index is 743. The van der Waals surface area contributed by atoms with Gasteiger partial charge < -0.3 is 9.84 Å². The molecule has 0 spiro atoms. The Hall–Kier alpha value is -1.78. The standard InChI is InChI=1S/C25H34O3S.C2H6/c1-20-9-7-12-22(17-20)23(13-8-14-25(2,3)19-29-16-15-26)24(27)28-18-21-10-5-4-6-11-21;1-2/h4-7,9-12,17,23,26H,8,13-16,18-19H2,1-3H3;1-2H3. The van der Waals surface area contributed by atoms with Gasteiger partial charge in [-0.1, -0.05) is 94.3 Å².